The highest BCUT2D eigenvalue weighted by Crippen LogP contribution is 2.33. The van der Waals surface area contributed by atoms with Crippen molar-refractivity contribution in [2.45, 2.75) is 37.6 Å². The zero-order chi connectivity index (χ0) is 23.0. The lowest BCUT2D eigenvalue weighted by atomic mass is 10.0. The second kappa shape index (κ2) is 8.40. The van der Waals surface area contributed by atoms with E-state index in [-0.39, 0.29) is 28.0 Å². The van der Waals surface area contributed by atoms with Crippen LogP contribution in [0.2, 0.25) is 0 Å². The normalized spacial score (nSPS) is 16.8. The van der Waals surface area contributed by atoms with Gasteiger partial charge in [-0.05, 0) is 55.5 Å². The second-order valence-corrected chi connectivity index (χ2v) is 10.2. The Hall–Kier alpha value is -3.18. The van der Waals surface area contributed by atoms with Crippen LogP contribution in [-0.4, -0.2) is 40.7 Å². The number of nitro benzene ring substituents is 1. The zero-order valence-electron chi connectivity index (χ0n) is 17.8. The third kappa shape index (κ3) is 4.26. The van der Waals surface area contributed by atoms with Gasteiger partial charge in [0.2, 0.25) is 10.0 Å². The molecular weight excluding hydrogens is 434 g/mol. The first-order valence-electron chi connectivity index (χ1n) is 10.4. The van der Waals surface area contributed by atoms with E-state index in [9.17, 15) is 23.3 Å². The molecule has 0 amide bonds. The van der Waals surface area contributed by atoms with Gasteiger partial charge in [-0.15, -0.1) is 0 Å². The molecule has 0 spiro atoms. The van der Waals surface area contributed by atoms with Gasteiger partial charge in [0.15, 0.2) is 0 Å². The van der Waals surface area contributed by atoms with Crippen molar-refractivity contribution in [3.05, 3.63) is 62.6 Å². The van der Waals surface area contributed by atoms with E-state index in [0.717, 1.165) is 24.5 Å². The van der Waals surface area contributed by atoms with Gasteiger partial charge in [0, 0.05) is 25.2 Å². The van der Waals surface area contributed by atoms with Crippen LogP contribution in [0.15, 0.2) is 46.1 Å². The Kier molecular flexibility index (Phi) is 5.78. The quantitative estimate of drug-likeness (QED) is 0.381. The monoisotopic (exact) mass is 459 g/mol. The number of imidazole rings is 1. The Balaban J connectivity index is 1.61. The number of rotatable bonds is 6. The number of aromatic nitrogens is 2. The summed E-state index contributed by atoms with van der Waals surface area (Å²) in [4.78, 5) is 27.9. The molecule has 0 bridgehead atoms. The molecule has 3 aromatic rings. The number of H-pyrrole nitrogens is 2. The molecule has 1 fully saturated rings. The lowest BCUT2D eigenvalue weighted by Crippen LogP contribution is -2.37. The lowest BCUT2D eigenvalue weighted by Gasteiger charge is -2.29. The number of aromatic amines is 2. The maximum Gasteiger partial charge on any atom is 0.323 e. The molecule has 4 rings (SSSR count). The van der Waals surface area contributed by atoms with Gasteiger partial charge in [-0.1, -0.05) is 13.0 Å². The highest BCUT2D eigenvalue weighted by Gasteiger charge is 2.30. The van der Waals surface area contributed by atoms with Gasteiger partial charge in [0.1, 0.15) is 5.69 Å². The van der Waals surface area contributed by atoms with Crippen LogP contribution in [-0.2, 0) is 10.0 Å². The topological polar surface area (TPSA) is 141 Å². The zero-order valence-corrected chi connectivity index (χ0v) is 18.6. The molecule has 0 saturated carbocycles. The molecule has 0 aliphatic carbocycles. The van der Waals surface area contributed by atoms with E-state index >= 15 is 0 Å². The van der Waals surface area contributed by atoms with Crippen molar-refractivity contribution in [2.24, 2.45) is 5.92 Å². The van der Waals surface area contributed by atoms with Crippen LogP contribution in [0.1, 0.15) is 38.3 Å². The number of piperidine rings is 1. The predicted octanol–water partition coefficient (Wildman–Crippen LogP) is 3.36. The summed E-state index contributed by atoms with van der Waals surface area (Å²) in [6, 6.07) is 8.98. The summed E-state index contributed by atoms with van der Waals surface area (Å²) in [5.74, 6) is 0.465. The molecule has 10 nitrogen and oxygen atoms in total. The standard InChI is InChI=1S/C21H25N5O5S/c1-13-7-9-25(10-8-13)32(30,31)16-4-6-18(20(12-16)26(28)29)22-14(2)15-3-5-17-19(11-15)24-21(27)23-17/h3-6,11-14,22H,7-10H2,1-2H3,(H2,23,24,27)/t14-/m0/s1. The van der Waals surface area contributed by atoms with Crippen LogP contribution in [0.3, 0.4) is 0 Å². The number of nitro groups is 1. The molecule has 1 atom stereocenters. The van der Waals surface area contributed by atoms with Crippen LogP contribution in [0.25, 0.3) is 11.0 Å². The van der Waals surface area contributed by atoms with Crippen molar-refractivity contribution in [1.82, 2.24) is 14.3 Å². The molecule has 1 saturated heterocycles. The van der Waals surface area contributed by atoms with E-state index in [4.69, 9.17) is 0 Å². The van der Waals surface area contributed by atoms with Crippen molar-refractivity contribution in [3.8, 4) is 0 Å². The highest BCUT2D eigenvalue weighted by molar-refractivity contribution is 7.89. The number of fused-ring (bicyclic) bond motifs is 1. The molecule has 1 aliphatic heterocycles. The highest BCUT2D eigenvalue weighted by atomic mass is 32.2. The Labute approximate surface area is 184 Å². The summed E-state index contributed by atoms with van der Waals surface area (Å²) >= 11 is 0. The minimum atomic E-state index is -3.80. The smallest absolute Gasteiger partial charge is 0.323 e. The molecule has 11 heteroatoms. The molecule has 32 heavy (non-hydrogen) atoms. The SMILES string of the molecule is CC1CCN(S(=O)(=O)c2ccc(N[C@@H](C)c3ccc4[nH]c(=O)[nH]c4c3)c([N+](=O)[O-])c2)CC1. The Morgan fingerprint density at radius 2 is 1.81 bits per heavy atom. The van der Waals surface area contributed by atoms with E-state index in [0.29, 0.717) is 30.0 Å². The maximum atomic E-state index is 13.0. The molecule has 2 heterocycles. The summed E-state index contributed by atoms with van der Waals surface area (Å²) in [6.07, 6.45) is 1.55. The molecule has 1 aliphatic rings. The van der Waals surface area contributed by atoms with Crippen molar-refractivity contribution < 1.29 is 13.3 Å². The number of nitrogens with zero attached hydrogens (tertiary/aromatic N) is 2. The number of hydrogen-bond donors (Lipinski definition) is 3. The number of sulfonamides is 1. The Morgan fingerprint density at radius 1 is 1.12 bits per heavy atom. The number of benzene rings is 2. The summed E-state index contributed by atoms with van der Waals surface area (Å²) < 4.78 is 27.4. The summed E-state index contributed by atoms with van der Waals surface area (Å²) in [5.41, 5.74) is 1.71. The second-order valence-electron chi connectivity index (χ2n) is 8.27. The van der Waals surface area contributed by atoms with Gasteiger partial charge in [0.05, 0.1) is 20.9 Å². The van der Waals surface area contributed by atoms with Gasteiger partial charge in [-0.3, -0.25) is 10.1 Å². The van der Waals surface area contributed by atoms with E-state index in [1.807, 2.05) is 13.0 Å². The minimum absolute atomic E-state index is 0.0803. The van der Waals surface area contributed by atoms with E-state index in [1.54, 1.807) is 12.1 Å². The van der Waals surface area contributed by atoms with Crippen molar-refractivity contribution in [1.29, 1.82) is 0 Å². The predicted molar refractivity (Wildman–Crippen MR) is 121 cm³/mol. The van der Waals surface area contributed by atoms with Crippen LogP contribution in [0.5, 0.6) is 0 Å². The van der Waals surface area contributed by atoms with Crippen LogP contribution in [0.4, 0.5) is 11.4 Å². The molecule has 0 unspecified atom stereocenters. The van der Waals surface area contributed by atoms with E-state index in [2.05, 4.69) is 22.2 Å². The molecular formula is C21H25N5O5S. The van der Waals surface area contributed by atoms with E-state index < -0.39 is 14.9 Å². The Bertz CT molecular complexity index is 1320. The summed E-state index contributed by atoms with van der Waals surface area (Å²) in [7, 11) is -3.80. The maximum absolute atomic E-state index is 13.0. The minimum Gasteiger partial charge on any atom is -0.373 e. The van der Waals surface area contributed by atoms with Crippen LogP contribution < -0.4 is 11.0 Å². The van der Waals surface area contributed by atoms with Crippen molar-refractivity contribution >= 4 is 32.4 Å². The first-order valence-corrected chi connectivity index (χ1v) is 11.9. The average Bonchev–Trinajstić information content (AvgIpc) is 3.13. The molecule has 1 aromatic heterocycles. The largest absolute Gasteiger partial charge is 0.373 e. The first kappa shape index (κ1) is 22.0. The average molecular weight is 460 g/mol. The van der Waals surface area contributed by atoms with E-state index in [1.165, 1.54) is 16.4 Å². The molecule has 0 radical (unpaired) electrons. The fourth-order valence-electron chi connectivity index (χ4n) is 3.96. The molecule has 2 aromatic carbocycles. The van der Waals surface area contributed by atoms with Gasteiger partial charge >= 0.3 is 5.69 Å². The third-order valence-electron chi connectivity index (χ3n) is 5.96. The van der Waals surface area contributed by atoms with Crippen molar-refractivity contribution in [3.63, 3.8) is 0 Å². The van der Waals surface area contributed by atoms with Gasteiger partial charge in [0.25, 0.3) is 5.69 Å². The van der Waals surface area contributed by atoms with Gasteiger partial charge < -0.3 is 15.3 Å². The lowest BCUT2D eigenvalue weighted by molar-refractivity contribution is -0.384. The van der Waals surface area contributed by atoms with Gasteiger partial charge in [-0.25, -0.2) is 13.2 Å². The third-order valence-corrected chi connectivity index (χ3v) is 7.85. The first-order chi connectivity index (χ1) is 15.1. The molecule has 3 N–H and O–H groups in total. The Morgan fingerprint density at radius 3 is 2.50 bits per heavy atom. The number of nitrogens with one attached hydrogen (secondary N) is 3. The fraction of sp³-hybridized carbons (Fsp3) is 0.381. The fourth-order valence-corrected chi connectivity index (χ4v) is 5.45. The molecule has 170 valence electrons. The summed E-state index contributed by atoms with van der Waals surface area (Å²) in [5, 5.41) is 14.8. The number of anilines is 1. The van der Waals surface area contributed by atoms with Gasteiger partial charge in [-0.2, -0.15) is 4.31 Å². The van der Waals surface area contributed by atoms with Crippen LogP contribution >= 0.6 is 0 Å². The number of hydrogen-bond acceptors (Lipinski definition) is 6. The van der Waals surface area contributed by atoms with Crippen molar-refractivity contribution in [2.75, 3.05) is 18.4 Å². The van der Waals surface area contributed by atoms with Crippen LogP contribution in [0, 0.1) is 16.0 Å². The summed E-state index contributed by atoms with van der Waals surface area (Å²) in [6.45, 7) is 4.74.